The number of benzene rings is 1. The summed E-state index contributed by atoms with van der Waals surface area (Å²) in [7, 11) is 0. The van der Waals surface area contributed by atoms with Crippen molar-refractivity contribution in [1.82, 2.24) is 15.3 Å². The Morgan fingerprint density at radius 1 is 1.04 bits per heavy atom. The fourth-order valence-electron chi connectivity index (χ4n) is 2.64. The Hall–Kier alpha value is -2.66. The van der Waals surface area contributed by atoms with Crippen LogP contribution in [0.4, 0.5) is 0 Å². The number of nitrogens with one attached hydrogen (secondary N) is 1. The molecule has 1 N–H and O–H groups in total. The van der Waals surface area contributed by atoms with Gasteiger partial charge in [0.15, 0.2) is 0 Å². The van der Waals surface area contributed by atoms with Crippen LogP contribution < -0.4 is 5.32 Å². The van der Waals surface area contributed by atoms with Crippen molar-refractivity contribution in [2.45, 2.75) is 36.7 Å². The summed E-state index contributed by atoms with van der Waals surface area (Å²) in [5, 5.41) is 3.71. The number of rotatable bonds is 5. The molecule has 1 unspecified atom stereocenters. The number of amides is 1. The molecule has 132 valence electrons. The van der Waals surface area contributed by atoms with E-state index in [-0.39, 0.29) is 11.9 Å². The van der Waals surface area contributed by atoms with Crippen LogP contribution in [0, 0.1) is 13.8 Å². The number of carbonyl (C=O) groups is 1. The molecule has 26 heavy (non-hydrogen) atoms. The van der Waals surface area contributed by atoms with Gasteiger partial charge in [0.25, 0.3) is 5.91 Å². The van der Waals surface area contributed by atoms with Gasteiger partial charge in [0.1, 0.15) is 5.03 Å². The van der Waals surface area contributed by atoms with Crippen molar-refractivity contribution >= 4 is 17.7 Å². The highest BCUT2D eigenvalue weighted by atomic mass is 32.2. The van der Waals surface area contributed by atoms with Crippen LogP contribution in [0.15, 0.2) is 70.8 Å². The molecule has 2 aromatic heterocycles. The van der Waals surface area contributed by atoms with Crippen molar-refractivity contribution in [1.29, 1.82) is 0 Å². The molecule has 0 aliphatic carbocycles. The maximum absolute atomic E-state index is 12.8. The summed E-state index contributed by atoms with van der Waals surface area (Å²) in [6.45, 7) is 6.06. The molecule has 0 radical (unpaired) electrons. The molecule has 3 aromatic rings. The van der Waals surface area contributed by atoms with Crippen LogP contribution in [0.1, 0.15) is 40.1 Å². The van der Waals surface area contributed by atoms with E-state index < -0.39 is 0 Å². The zero-order valence-electron chi connectivity index (χ0n) is 15.1. The molecule has 1 atom stereocenters. The molecule has 1 amide bonds. The summed E-state index contributed by atoms with van der Waals surface area (Å²) in [5.74, 6) is -0.150. The number of hydrogen-bond donors (Lipinski definition) is 1. The fraction of sp³-hybridized carbons (Fsp3) is 0.190. The largest absolute Gasteiger partial charge is 0.344 e. The van der Waals surface area contributed by atoms with Gasteiger partial charge in [-0.25, -0.2) is 4.98 Å². The van der Waals surface area contributed by atoms with E-state index in [1.807, 2.05) is 25.1 Å². The molecular weight excluding hydrogens is 342 g/mol. The van der Waals surface area contributed by atoms with Crippen LogP contribution in [-0.2, 0) is 0 Å². The lowest BCUT2D eigenvalue weighted by Crippen LogP contribution is -2.27. The van der Waals surface area contributed by atoms with Crippen molar-refractivity contribution in [2.75, 3.05) is 0 Å². The minimum absolute atomic E-state index is 0.150. The predicted octanol–water partition coefficient (Wildman–Crippen LogP) is 4.74. The van der Waals surface area contributed by atoms with Crippen LogP contribution in [-0.4, -0.2) is 15.9 Å². The topological polar surface area (TPSA) is 54.9 Å². The Bertz CT molecular complexity index is 912. The van der Waals surface area contributed by atoms with Gasteiger partial charge in [-0.05, 0) is 56.7 Å². The second-order valence-corrected chi connectivity index (χ2v) is 7.21. The van der Waals surface area contributed by atoms with Crippen LogP contribution in [0.3, 0.4) is 0 Å². The Morgan fingerprint density at radius 2 is 1.85 bits per heavy atom. The van der Waals surface area contributed by atoms with Gasteiger partial charge >= 0.3 is 0 Å². The molecule has 3 rings (SSSR count). The lowest BCUT2D eigenvalue weighted by Gasteiger charge is -2.15. The van der Waals surface area contributed by atoms with E-state index in [0.717, 1.165) is 10.6 Å². The van der Waals surface area contributed by atoms with Gasteiger partial charge in [-0.3, -0.25) is 9.78 Å². The van der Waals surface area contributed by atoms with Gasteiger partial charge in [-0.2, -0.15) is 0 Å². The third kappa shape index (κ3) is 4.29. The monoisotopic (exact) mass is 363 g/mol. The van der Waals surface area contributed by atoms with E-state index in [1.165, 1.54) is 22.9 Å². The Balaban J connectivity index is 1.81. The number of hydrogen-bond acceptors (Lipinski definition) is 4. The smallest absolute Gasteiger partial charge is 0.254 e. The third-order valence-electron chi connectivity index (χ3n) is 4.03. The highest BCUT2D eigenvalue weighted by Gasteiger charge is 2.17. The molecule has 0 saturated carbocycles. The minimum atomic E-state index is -0.178. The van der Waals surface area contributed by atoms with E-state index in [9.17, 15) is 4.79 Å². The molecule has 0 fully saturated rings. The van der Waals surface area contributed by atoms with Crippen molar-refractivity contribution < 1.29 is 4.79 Å². The number of carbonyl (C=O) groups excluding carboxylic acids is 1. The second-order valence-electron chi connectivity index (χ2n) is 6.18. The first-order chi connectivity index (χ1) is 12.5. The van der Waals surface area contributed by atoms with Crippen molar-refractivity contribution in [3.05, 3.63) is 83.3 Å². The zero-order chi connectivity index (χ0) is 18.5. The van der Waals surface area contributed by atoms with E-state index >= 15 is 0 Å². The van der Waals surface area contributed by atoms with Crippen LogP contribution in [0.5, 0.6) is 0 Å². The Morgan fingerprint density at radius 3 is 2.58 bits per heavy atom. The van der Waals surface area contributed by atoms with Crippen LogP contribution in [0.2, 0.25) is 0 Å². The lowest BCUT2D eigenvalue weighted by molar-refractivity contribution is 0.0935. The van der Waals surface area contributed by atoms with Gasteiger partial charge in [0.05, 0.1) is 17.3 Å². The standard InChI is InChI=1S/C21H21N3OS/c1-14-9-10-19(15(2)13-14)26-21-17(7-6-12-23-21)20(25)24-16(3)18-8-4-5-11-22-18/h4-13,16H,1-3H3,(H,24,25). The highest BCUT2D eigenvalue weighted by molar-refractivity contribution is 7.99. The van der Waals surface area contributed by atoms with E-state index in [2.05, 4.69) is 47.3 Å². The summed E-state index contributed by atoms with van der Waals surface area (Å²) >= 11 is 1.51. The summed E-state index contributed by atoms with van der Waals surface area (Å²) in [6.07, 6.45) is 3.44. The second kappa shape index (κ2) is 8.15. The normalized spacial score (nSPS) is 11.8. The molecule has 0 aliphatic heterocycles. The molecule has 2 heterocycles. The molecule has 1 aromatic carbocycles. The maximum atomic E-state index is 12.8. The van der Waals surface area contributed by atoms with Gasteiger partial charge in [-0.1, -0.05) is 35.5 Å². The van der Waals surface area contributed by atoms with Crippen molar-refractivity contribution in [3.63, 3.8) is 0 Å². The van der Waals surface area contributed by atoms with Crippen molar-refractivity contribution in [2.24, 2.45) is 0 Å². The van der Waals surface area contributed by atoms with Gasteiger partial charge in [0, 0.05) is 17.3 Å². The molecule has 0 aliphatic rings. The average molecular weight is 363 g/mol. The van der Waals surface area contributed by atoms with Gasteiger partial charge < -0.3 is 5.32 Å². The third-order valence-corrected chi connectivity index (χ3v) is 5.23. The molecule has 5 heteroatoms. The fourth-order valence-corrected chi connectivity index (χ4v) is 3.59. The molecule has 4 nitrogen and oxygen atoms in total. The lowest BCUT2D eigenvalue weighted by atomic mass is 10.2. The highest BCUT2D eigenvalue weighted by Crippen LogP contribution is 2.31. The van der Waals surface area contributed by atoms with E-state index in [1.54, 1.807) is 24.5 Å². The first kappa shape index (κ1) is 18.1. The molecule has 0 saturated heterocycles. The molecule has 0 spiro atoms. The number of nitrogens with zero attached hydrogens (tertiary/aromatic N) is 2. The summed E-state index contributed by atoms with van der Waals surface area (Å²) in [4.78, 5) is 22.6. The SMILES string of the molecule is Cc1ccc(Sc2ncccc2C(=O)NC(C)c2ccccn2)c(C)c1. The van der Waals surface area contributed by atoms with Crippen molar-refractivity contribution in [3.8, 4) is 0 Å². The van der Waals surface area contributed by atoms with E-state index in [4.69, 9.17) is 0 Å². The Kier molecular flexibility index (Phi) is 5.68. The predicted molar refractivity (Wildman–Crippen MR) is 104 cm³/mol. The molecule has 0 bridgehead atoms. The van der Waals surface area contributed by atoms with Gasteiger partial charge in [-0.15, -0.1) is 0 Å². The van der Waals surface area contributed by atoms with Crippen LogP contribution >= 0.6 is 11.8 Å². The molecular formula is C21H21N3OS. The number of aromatic nitrogens is 2. The Labute approximate surface area is 158 Å². The number of pyridine rings is 2. The summed E-state index contributed by atoms with van der Waals surface area (Å²) < 4.78 is 0. The van der Waals surface area contributed by atoms with Gasteiger partial charge in [0.2, 0.25) is 0 Å². The zero-order valence-corrected chi connectivity index (χ0v) is 15.9. The van der Waals surface area contributed by atoms with Crippen LogP contribution in [0.25, 0.3) is 0 Å². The first-order valence-corrected chi connectivity index (χ1v) is 9.28. The summed E-state index contributed by atoms with van der Waals surface area (Å²) in [5.41, 5.74) is 3.79. The minimum Gasteiger partial charge on any atom is -0.344 e. The maximum Gasteiger partial charge on any atom is 0.254 e. The average Bonchev–Trinajstić information content (AvgIpc) is 2.65. The summed E-state index contributed by atoms with van der Waals surface area (Å²) in [6, 6.07) is 15.4. The first-order valence-electron chi connectivity index (χ1n) is 8.46. The van der Waals surface area contributed by atoms with E-state index in [0.29, 0.717) is 10.6 Å². The quantitative estimate of drug-likeness (QED) is 0.712. The number of aryl methyl sites for hydroxylation is 2.